The summed E-state index contributed by atoms with van der Waals surface area (Å²) < 4.78 is 0. The van der Waals surface area contributed by atoms with Crippen LogP contribution in [0.3, 0.4) is 0 Å². The molecule has 156 valence electrons. The van der Waals surface area contributed by atoms with E-state index in [0.29, 0.717) is 6.42 Å². The number of nitrogens with one attached hydrogen (secondary N) is 1. The van der Waals surface area contributed by atoms with E-state index in [1.807, 2.05) is 29.3 Å². The minimum Gasteiger partial charge on any atom is -0.353 e. The summed E-state index contributed by atoms with van der Waals surface area (Å²) in [6.45, 7) is 3.68. The maximum Gasteiger partial charge on any atom is 0.222 e. The molecule has 0 unspecified atom stereocenters. The largest absolute Gasteiger partial charge is 0.353 e. The molecule has 0 bridgehead atoms. The number of carbonyl (C=O) groups excluding carboxylic acids is 1. The van der Waals surface area contributed by atoms with Gasteiger partial charge < -0.3 is 9.88 Å². The van der Waals surface area contributed by atoms with Crippen LogP contribution in [0, 0.1) is 6.92 Å². The molecule has 0 aliphatic carbocycles. The quantitative estimate of drug-likeness (QED) is 0.477. The molecule has 0 saturated heterocycles. The molecule has 0 radical (unpaired) electrons. The molecule has 4 nitrogen and oxygen atoms in total. The molecule has 31 heavy (non-hydrogen) atoms. The molecule has 0 saturated carbocycles. The van der Waals surface area contributed by atoms with Crippen molar-refractivity contribution in [2.75, 3.05) is 6.54 Å². The van der Waals surface area contributed by atoms with Crippen LogP contribution in [-0.2, 0) is 24.2 Å². The molecule has 0 atom stereocenters. The standard InChI is InChI=1S/C27H27N3O/c1-19-12-13-24-23(17-19)22(27(29-24)25-10-4-5-15-28-25)9-6-11-26(31)30-16-14-20-7-2-3-8-21(20)18-30/h2-5,7-8,10,12-13,15,17,29H,6,9,11,14,16,18H2,1H3. The van der Waals surface area contributed by atoms with Crippen molar-refractivity contribution in [2.24, 2.45) is 0 Å². The molecule has 4 heteroatoms. The Labute approximate surface area is 182 Å². The third-order valence-electron chi connectivity index (χ3n) is 6.28. The smallest absolute Gasteiger partial charge is 0.222 e. The monoisotopic (exact) mass is 409 g/mol. The van der Waals surface area contributed by atoms with E-state index < -0.39 is 0 Å². The lowest BCUT2D eigenvalue weighted by molar-refractivity contribution is -0.132. The third kappa shape index (κ3) is 3.98. The van der Waals surface area contributed by atoms with Crippen LogP contribution in [0.4, 0.5) is 0 Å². The second-order valence-electron chi connectivity index (χ2n) is 8.43. The van der Waals surface area contributed by atoms with Crippen molar-refractivity contribution in [1.29, 1.82) is 0 Å². The van der Waals surface area contributed by atoms with Crippen LogP contribution in [0.25, 0.3) is 22.3 Å². The van der Waals surface area contributed by atoms with Gasteiger partial charge in [-0.2, -0.15) is 0 Å². The zero-order valence-electron chi connectivity index (χ0n) is 17.9. The summed E-state index contributed by atoms with van der Waals surface area (Å²) in [5, 5.41) is 1.24. The second kappa shape index (κ2) is 8.38. The number of carbonyl (C=O) groups is 1. The maximum atomic E-state index is 12.9. The summed E-state index contributed by atoms with van der Waals surface area (Å²) in [7, 11) is 0. The molecule has 3 heterocycles. The van der Waals surface area contributed by atoms with Gasteiger partial charge in [0.1, 0.15) is 0 Å². The molecular weight excluding hydrogens is 382 g/mol. The predicted molar refractivity (Wildman–Crippen MR) is 125 cm³/mol. The number of rotatable bonds is 5. The van der Waals surface area contributed by atoms with Gasteiger partial charge in [-0.25, -0.2) is 0 Å². The number of amides is 1. The van der Waals surface area contributed by atoms with Crippen LogP contribution < -0.4 is 0 Å². The van der Waals surface area contributed by atoms with E-state index >= 15 is 0 Å². The lowest BCUT2D eigenvalue weighted by Gasteiger charge is -2.29. The highest BCUT2D eigenvalue weighted by molar-refractivity contribution is 5.90. The SMILES string of the molecule is Cc1ccc2[nH]c(-c3ccccn3)c(CCCC(=O)N3CCc4ccccc4C3)c2c1. The van der Waals surface area contributed by atoms with Crippen molar-refractivity contribution in [1.82, 2.24) is 14.9 Å². The number of aromatic amines is 1. The molecule has 0 spiro atoms. The molecule has 0 fully saturated rings. The number of aromatic nitrogens is 2. The van der Waals surface area contributed by atoms with E-state index in [-0.39, 0.29) is 5.91 Å². The Hall–Kier alpha value is -3.40. The predicted octanol–water partition coefficient (Wildman–Crippen LogP) is 5.45. The van der Waals surface area contributed by atoms with E-state index in [4.69, 9.17) is 0 Å². The number of H-pyrrole nitrogens is 1. The average Bonchev–Trinajstić information content (AvgIpc) is 3.17. The number of benzene rings is 2. The van der Waals surface area contributed by atoms with Gasteiger partial charge in [0.15, 0.2) is 0 Å². The van der Waals surface area contributed by atoms with Crippen LogP contribution in [0.15, 0.2) is 66.9 Å². The van der Waals surface area contributed by atoms with Crippen LogP contribution in [-0.4, -0.2) is 27.3 Å². The van der Waals surface area contributed by atoms with E-state index in [1.165, 1.54) is 27.6 Å². The molecule has 1 N–H and O–H groups in total. The Kier molecular flexibility index (Phi) is 5.29. The summed E-state index contributed by atoms with van der Waals surface area (Å²) >= 11 is 0. The summed E-state index contributed by atoms with van der Waals surface area (Å²) in [6.07, 6.45) is 5.03. The van der Waals surface area contributed by atoms with Gasteiger partial charge in [0, 0.05) is 36.6 Å². The Morgan fingerprint density at radius 1 is 1.06 bits per heavy atom. The molecule has 1 amide bonds. The highest BCUT2D eigenvalue weighted by Gasteiger charge is 2.21. The lowest BCUT2D eigenvalue weighted by Crippen LogP contribution is -2.35. The van der Waals surface area contributed by atoms with Crippen molar-refractivity contribution in [3.8, 4) is 11.4 Å². The van der Waals surface area contributed by atoms with Crippen molar-refractivity contribution in [3.63, 3.8) is 0 Å². The van der Waals surface area contributed by atoms with Crippen LogP contribution >= 0.6 is 0 Å². The zero-order chi connectivity index (χ0) is 21.2. The average molecular weight is 410 g/mol. The summed E-state index contributed by atoms with van der Waals surface area (Å²) in [5.41, 5.74) is 8.30. The highest BCUT2D eigenvalue weighted by Crippen LogP contribution is 2.31. The second-order valence-corrected chi connectivity index (χ2v) is 8.43. The number of fused-ring (bicyclic) bond motifs is 2. The molecule has 2 aromatic carbocycles. The number of nitrogens with zero attached hydrogens (tertiary/aromatic N) is 2. The van der Waals surface area contributed by atoms with E-state index in [2.05, 4.69) is 59.4 Å². The van der Waals surface area contributed by atoms with Gasteiger partial charge in [0.2, 0.25) is 5.91 Å². The zero-order valence-corrected chi connectivity index (χ0v) is 17.9. The van der Waals surface area contributed by atoms with Gasteiger partial charge in [-0.05, 0) is 67.1 Å². The van der Waals surface area contributed by atoms with Crippen molar-refractivity contribution in [2.45, 2.75) is 39.2 Å². The molecule has 5 rings (SSSR count). The molecule has 4 aromatic rings. The number of pyridine rings is 1. The maximum absolute atomic E-state index is 12.9. The number of hydrogen-bond acceptors (Lipinski definition) is 2. The first-order chi connectivity index (χ1) is 15.2. The van der Waals surface area contributed by atoms with Crippen LogP contribution in [0.2, 0.25) is 0 Å². The molecule has 1 aliphatic heterocycles. The van der Waals surface area contributed by atoms with Crippen molar-refractivity contribution < 1.29 is 4.79 Å². The normalized spacial score (nSPS) is 13.4. The van der Waals surface area contributed by atoms with Gasteiger partial charge >= 0.3 is 0 Å². The van der Waals surface area contributed by atoms with Gasteiger partial charge in [0.25, 0.3) is 0 Å². The van der Waals surface area contributed by atoms with Crippen LogP contribution in [0.1, 0.15) is 35.1 Å². The summed E-state index contributed by atoms with van der Waals surface area (Å²) in [4.78, 5) is 23.1. The minimum atomic E-state index is 0.255. The third-order valence-corrected chi connectivity index (χ3v) is 6.28. The van der Waals surface area contributed by atoms with E-state index in [0.717, 1.165) is 49.3 Å². The molecule has 2 aromatic heterocycles. The van der Waals surface area contributed by atoms with Crippen LogP contribution in [0.5, 0.6) is 0 Å². The van der Waals surface area contributed by atoms with Crippen molar-refractivity contribution in [3.05, 3.63) is 89.1 Å². The Morgan fingerprint density at radius 2 is 1.90 bits per heavy atom. The minimum absolute atomic E-state index is 0.255. The Bertz CT molecular complexity index is 1230. The molecule has 1 aliphatic rings. The highest BCUT2D eigenvalue weighted by atomic mass is 16.2. The first-order valence-corrected chi connectivity index (χ1v) is 11.1. The summed E-state index contributed by atoms with van der Waals surface area (Å²) in [5.74, 6) is 0.255. The van der Waals surface area contributed by atoms with Gasteiger partial charge in [-0.1, -0.05) is 42.0 Å². The first-order valence-electron chi connectivity index (χ1n) is 11.1. The Balaban J connectivity index is 1.33. The fourth-order valence-corrected chi connectivity index (χ4v) is 4.63. The fraction of sp³-hybridized carbons (Fsp3) is 0.259. The fourth-order valence-electron chi connectivity index (χ4n) is 4.63. The number of hydrogen-bond donors (Lipinski definition) is 1. The summed E-state index contributed by atoms with van der Waals surface area (Å²) in [6, 6.07) is 20.9. The van der Waals surface area contributed by atoms with Gasteiger partial charge in [0.05, 0.1) is 11.4 Å². The topological polar surface area (TPSA) is 49.0 Å². The first kappa shape index (κ1) is 19.6. The van der Waals surface area contributed by atoms with Gasteiger partial charge in [-0.15, -0.1) is 0 Å². The van der Waals surface area contributed by atoms with Crippen molar-refractivity contribution >= 4 is 16.8 Å². The Morgan fingerprint density at radius 3 is 2.74 bits per heavy atom. The number of aryl methyl sites for hydroxylation is 2. The van der Waals surface area contributed by atoms with E-state index in [9.17, 15) is 4.79 Å². The molecular formula is C27H27N3O. The van der Waals surface area contributed by atoms with E-state index in [1.54, 1.807) is 0 Å². The van der Waals surface area contributed by atoms with Gasteiger partial charge in [-0.3, -0.25) is 9.78 Å². The lowest BCUT2D eigenvalue weighted by atomic mass is 9.98.